The summed E-state index contributed by atoms with van der Waals surface area (Å²) in [6, 6.07) is -0.832. The van der Waals surface area contributed by atoms with E-state index in [1.54, 1.807) is 27.9 Å². The summed E-state index contributed by atoms with van der Waals surface area (Å²) in [7, 11) is 1.63. The van der Waals surface area contributed by atoms with Crippen LogP contribution in [0.2, 0.25) is 0 Å². The van der Waals surface area contributed by atoms with Crippen LogP contribution < -0.4 is 5.73 Å². The number of aliphatic hydroxyl groups excluding tert-OH is 2. The summed E-state index contributed by atoms with van der Waals surface area (Å²) >= 11 is 0. The van der Waals surface area contributed by atoms with Crippen molar-refractivity contribution in [1.29, 1.82) is 0 Å². The first kappa shape index (κ1) is 44.7. The summed E-state index contributed by atoms with van der Waals surface area (Å²) in [5, 5.41) is 47.2. The third-order valence-electron chi connectivity index (χ3n) is 12.9. The molecule has 2 unspecified atom stereocenters. The molecule has 4 aliphatic heterocycles. The number of carbonyl (C=O) groups excluding carboxylic acids is 1. The Bertz CT molecular complexity index is 1200. The molecule has 4 saturated heterocycles. The first-order valence-electron chi connectivity index (χ1n) is 19.9. The highest BCUT2D eigenvalue weighted by atomic mass is 16.7. The van der Waals surface area contributed by atoms with Gasteiger partial charge in [-0.1, -0.05) is 27.7 Å². The Morgan fingerprint density at radius 3 is 2.19 bits per heavy atom. The lowest BCUT2D eigenvalue weighted by molar-refractivity contribution is -0.312. The van der Waals surface area contributed by atoms with Gasteiger partial charge in [0.25, 0.3) is 0 Å². The normalized spacial score (nSPS) is 51.0. The summed E-state index contributed by atoms with van der Waals surface area (Å²) < 4.78 is 44.0. The number of ether oxygens (including phenoxy) is 7. The van der Waals surface area contributed by atoms with Crippen molar-refractivity contribution < 1.29 is 58.4 Å². The highest BCUT2D eigenvalue weighted by Crippen LogP contribution is 2.51. The van der Waals surface area contributed by atoms with Gasteiger partial charge in [-0.15, -0.1) is 0 Å². The van der Waals surface area contributed by atoms with E-state index < -0.39 is 101 Å². The molecule has 0 aromatic carbocycles. The van der Waals surface area contributed by atoms with Crippen LogP contribution in [0.3, 0.4) is 0 Å². The standard InChI is InChI=1S/C39H72N2O12/c1-13-15-41-19-21(3)32(43)38(11,46)28(14-2)51-34(44)25(7)31(52-29-18-37(10,47-12)39(20-48-39)26(8)50-29)24(6)33(36(9,45)17-22(41)4)53-35-30(42)27(40)16-23(5)49-35/h21-33,35,42-43,45-46H,13-20,40H2,1-12H3/t21-,22-,23-,24+,25?,26+,27+,28-,29?,30-,31-,32-,33-,35+,36-,37-,38-,39-/m1/s1. The van der Waals surface area contributed by atoms with Gasteiger partial charge in [-0.2, -0.15) is 0 Å². The predicted molar refractivity (Wildman–Crippen MR) is 197 cm³/mol. The number of carbonyl (C=O) groups is 1. The molecule has 0 saturated carbocycles. The molecule has 1 spiro atoms. The molecule has 0 radical (unpaired) electrons. The minimum absolute atomic E-state index is 0.216. The van der Waals surface area contributed by atoms with Crippen molar-refractivity contribution >= 4 is 5.97 Å². The van der Waals surface area contributed by atoms with Crippen molar-refractivity contribution in [3.05, 3.63) is 0 Å². The minimum atomic E-state index is -1.77. The number of esters is 1. The summed E-state index contributed by atoms with van der Waals surface area (Å²) in [4.78, 5) is 16.5. The average molecular weight is 761 g/mol. The largest absolute Gasteiger partial charge is 0.459 e. The average Bonchev–Trinajstić information content (AvgIpc) is 3.90. The Labute approximate surface area is 317 Å². The molecule has 0 amide bonds. The smallest absolute Gasteiger partial charge is 0.311 e. The van der Waals surface area contributed by atoms with E-state index in [0.29, 0.717) is 26.1 Å². The maximum atomic E-state index is 14.3. The van der Waals surface area contributed by atoms with Crippen LogP contribution in [0, 0.1) is 17.8 Å². The van der Waals surface area contributed by atoms with Crippen molar-refractivity contribution in [3.8, 4) is 0 Å². The van der Waals surface area contributed by atoms with Crippen LogP contribution in [0.1, 0.15) is 108 Å². The molecule has 0 aliphatic carbocycles. The molecule has 4 aliphatic rings. The highest BCUT2D eigenvalue weighted by Gasteiger charge is 2.67. The molecule has 14 heteroatoms. The molecule has 0 bridgehead atoms. The number of hydrogen-bond acceptors (Lipinski definition) is 14. The molecule has 18 atom stereocenters. The monoisotopic (exact) mass is 761 g/mol. The fourth-order valence-corrected chi connectivity index (χ4v) is 9.34. The zero-order valence-electron chi connectivity index (χ0n) is 34.3. The molecule has 53 heavy (non-hydrogen) atoms. The maximum absolute atomic E-state index is 14.3. The number of hydrogen-bond donors (Lipinski definition) is 5. The third-order valence-corrected chi connectivity index (χ3v) is 12.9. The number of aliphatic hydroxyl groups is 4. The topological polar surface area (TPSA) is 195 Å². The quantitative estimate of drug-likeness (QED) is 0.179. The number of nitrogens with two attached hydrogens (primary N) is 1. The minimum Gasteiger partial charge on any atom is -0.459 e. The van der Waals surface area contributed by atoms with Gasteiger partial charge >= 0.3 is 5.97 Å². The second-order valence-corrected chi connectivity index (χ2v) is 17.4. The van der Waals surface area contributed by atoms with E-state index in [2.05, 4.69) is 11.8 Å². The van der Waals surface area contributed by atoms with E-state index in [0.717, 1.165) is 6.42 Å². The Morgan fingerprint density at radius 2 is 1.62 bits per heavy atom. The van der Waals surface area contributed by atoms with Gasteiger partial charge < -0.3 is 64.2 Å². The van der Waals surface area contributed by atoms with Gasteiger partial charge in [-0.3, -0.25) is 4.79 Å². The van der Waals surface area contributed by atoms with E-state index in [4.69, 9.17) is 38.9 Å². The van der Waals surface area contributed by atoms with E-state index in [9.17, 15) is 25.2 Å². The van der Waals surface area contributed by atoms with Crippen molar-refractivity contribution in [2.24, 2.45) is 23.5 Å². The second kappa shape index (κ2) is 17.2. The second-order valence-electron chi connectivity index (χ2n) is 17.4. The van der Waals surface area contributed by atoms with Crippen LogP contribution in [-0.4, -0.2) is 148 Å². The Hall–Kier alpha value is -1.01. The Balaban J connectivity index is 1.82. The molecule has 0 aromatic heterocycles. The van der Waals surface area contributed by atoms with Crippen molar-refractivity contribution in [3.63, 3.8) is 0 Å². The van der Waals surface area contributed by atoms with Crippen LogP contribution in [0.15, 0.2) is 0 Å². The molecular weight excluding hydrogens is 688 g/mol. The van der Waals surface area contributed by atoms with Crippen molar-refractivity contribution in [1.82, 2.24) is 4.90 Å². The number of cyclic esters (lactones) is 1. The first-order chi connectivity index (χ1) is 24.6. The van der Waals surface area contributed by atoms with Gasteiger partial charge in [0.15, 0.2) is 12.6 Å². The van der Waals surface area contributed by atoms with E-state index >= 15 is 0 Å². The van der Waals surface area contributed by atoms with Crippen LogP contribution >= 0.6 is 0 Å². The van der Waals surface area contributed by atoms with Crippen LogP contribution in [-0.2, 0) is 38.0 Å². The van der Waals surface area contributed by atoms with Gasteiger partial charge in [-0.25, -0.2) is 0 Å². The summed E-state index contributed by atoms with van der Waals surface area (Å²) in [5.41, 5.74) is 1.60. The molecule has 310 valence electrons. The van der Waals surface area contributed by atoms with Crippen LogP contribution in [0.5, 0.6) is 0 Å². The molecule has 14 nitrogen and oxygen atoms in total. The van der Waals surface area contributed by atoms with E-state index in [-0.39, 0.29) is 31.4 Å². The van der Waals surface area contributed by atoms with Crippen molar-refractivity contribution in [2.75, 3.05) is 26.8 Å². The lowest BCUT2D eigenvalue weighted by Crippen LogP contribution is -2.61. The van der Waals surface area contributed by atoms with Gasteiger partial charge in [0.1, 0.15) is 29.0 Å². The number of epoxide rings is 1. The Kier molecular flexibility index (Phi) is 14.5. The molecular formula is C39H72N2O12. The van der Waals surface area contributed by atoms with Gasteiger partial charge in [0.05, 0.1) is 48.6 Å². The maximum Gasteiger partial charge on any atom is 0.311 e. The van der Waals surface area contributed by atoms with Crippen LogP contribution in [0.25, 0.3) is 0 Å². The van der Waals surface area contributed by atoms with E-state index in [1.807, 2.05) is 41.5 Å². The number of methoxy groups -OCH3 is 1. The lowest BCUT2D eigenvalue weighted by Gasteiger charge is -2.49. The van der Waals surface area contributed by atoms with E-state index in [1.165, 1.54) is 6.92 Å². The van der Waals surface area contributed by atoms with Gasteiger partial charge in [0, 0.05) is 38.1 Å². The molecule has 6 N–H and O–H groups in total. The zero-order valence-corrected chi connectivity index (χ0v) is 34.3. The number of nitrogens with zero attached hydrogens (tertiary/aromatic N) is 1. The summed E-state index contributed by atoms with van der Waals surface area (Å²) in [6.45, 7) is 21.7. The molecule has 4 rings (SSSR count). The first-order valence-corrected chi connectivity index (χ1v) is 19.9. The number of rotatable bonds is 8. The molecule has 4 heterocycles. The lowest BCUT2D eigenvalue weighted by atomic mass is 9.78. The Morgan fingerprint density at radius 1 is 0.981 bits per heavy atom. The third kappa shape index (κ3) is 9.26. The fraction of sp³-hybridized carbons (Fsp3) is 0.974. The zero-order chi connectivity index (χ0) is 39.8. The fourth-order valence-electron chi connectivity index (χ4n) is 9.34. The van der Waals surface area contributed by atoms with Gasteiger partial charge in [-0.05, 0) is 86.6 Å². The summed E-state index contributed by atoms with van der Waals surface area (Å²) in [5.74, 6) is -2.80. The molecule has 4 fully saturated rings. The van der Waals surface area contributed by atoms with Gasteiger partial charge in [0.2, 0.25) is 0 Å². The highest BCUT2D eigenvalue weighted by molar-refractivity contribution is 5.73. The SMILES string of the molecule is CCCN1C[C@@H](C)[C@@H](O)[C@](C)(O)[C@@H](CC)OC(=O)C(C)[C@H](OC2C[C@@](C)(OC)[C@@]3(CO3)[C@H](C)O2)[C@H](C)[C@@H](O[C@@H]2O[C@H](C)C[C@H](N)[C@H]2O)[C@](C)(O)C[C@H]1C. The summed E-state index contributed by atoms with van der Waals surface area (Å²) in [6.07, 6.45) is -6.21. The predicted octanol–water partition coefficient (Wildman–Crippen LogP) is 2.49. The van der Waals surface area contributed by atoms with Crippen LogP contribution in [0.4, 0.5) is 0 Å². The molecule has 0 aromatic rings. The van der Waals surface area contributed by atoms with Crippen molar-refractivity contribution in [2.45, 2.75) is 198 Å².